The number of carbonyl (C=O) groups is 1. The molecule has 7 nitrogen and oxygen atoms in total. The van der Waals surface area contributed by atoms with E-state index in [0.29, 0.717) is 11.0 Å². The van der Waals surface area contributed by atoms with Gasteiger partial charge in [0, 0.05) is 12.1 Å². The number of imidazole rings is 1. The first-order valence-electron chi connectivity index (χ1n) is 4.51. The van der Waals surface area contributed by atoms with Gasteiger partial charge in [-0.1, -0.05) is 0 Å². The number of nitro groups is 1. The van der Waals surface area contributed by atoms with E-state index in [1.165, 1.54) is 22.8 Å². The van der Waals surface area contributed by atoms with Gasteiger partial charge in [0.1, 0.15) is 6.54 Å². The highest BCUT2D eigenvalue weighted by molar-refractivity contribution is 6.29. The Labute approximate surface area is 99.4 Å². The van der Waals surface area contributed by atoms with Crippen LogP contribution in [-0.4, -0.2) is 25.6 Å². The molecule has 1 aromatic heterocycles. The quantitative estimate of drug-likeness (QED) is 0.664. The maximum Gasteiger partial charge on any atom is 0.323 e. The van der Waals surface area contributed by atoms with Crippen molar-refractivity contribution in [2.75, 3.05) is 0 Å². The molecule has 0 aliphatic rings. The van der Waals surface area contributed by atoms with Gasteiger partial charge >= 0.3 is 5.97 Å². The lowest BCUT2D eigenvalue weighted by atomic mass is 10.3. The van der Waals surface area contributed by atoms with Crippen molar-refractivity contribution < 1.29 is 14.8 Å². The number of halogens is 1. The lowest BCUT2D eigenvalue weighted by molar-refractivity contribution is -0.384. The molecule has 0 saturated heterocycles. The summed E-state index contributed by atoms with van der Waals surface area (Å²) in [7, 11) is 0. The van der Waals surface area contributed by atoms with Crippen molar-refractivity contribution in [3.05, 3.63) is 33.6 Å². The topological polar surface area (TPSA) is 98.3 Å². The van der Waals surface area contributed by atoms with Crippen molar-refractivity contribution >= 4 is 34.3 Å². The van der Waals surface area contributed by atoms with Crippen LogP contribution in [-0.2, 0) is 11.3 Å². The van der Waals surface area contributed by atoms with E-state index in [1.54, 1.807) is 0 Å². The van der Waals surface area contributed by atoms with Gasteiger partial charge in [-0.2, -0.15) is 0 Å². The van der Waals surface area contributed by atoms with Gasteiger partial charge in [-0.05, 0) is 17.7 Å². The summed E-state index contributed by atoms with van der Waals surface area (Å²) in [5.41, 5.74) is 0.627. The average Bonchev–Trinajstić information content (AvgIpc) is 2.54. The number of nitro benzene ring substituents is 1. The van der Waals surface area contributed by atoms with Crippen molar-refractivity contribution in [3.63, 3.8) is 0 Å². The number of non-ortho nitro benzene ring substituents is 1. The summed E-state index contributed by atoms with van der Waals surface area (Å²) < 4.78 is 1.27. The van der Waals surface area contributed by atoms with E-state index in [1.807, 2.05) is 0 Å². The molecule has 0 amide bonds. The molecule has 0 unspecified atom stereocenters. The predicted octanol–water partition coefficient (Wildman–Crippen LogP) is 1.68. The lowest BCUT2D eigenvalue weighted by Crippen LogP contribution is -2.08. The van der Waals surface area contributed by atoms with Gasteiger partial charge in [0.05, 0.1) is 16.0 Å². The van der Waals surface area contributed by atoms with Crippen LogP contribution in [0, 0.1) is 10.1 Å². The molecule has 0 spiro atoms. The number of carboxylic acid groups (broad SMARTS) is 1. The van der Waals surface area contributed by atoms with E-state index < -0.39 is 10.9 Å². The molecule has 0 aliphatic heterocycles. The van der Waals surface area contributed by atoms with Crippen LogP contribution in [0.25, 0.3) is 11.0 Å². The second kappa shape index (κ2) is 4.02. The van der Waals surface area contributed by atoms with Gasteiger partial charge in [0.25, 0.3) is 5.69 Å². The summed E-state index contributed by atoms with van der Waals surface area (Å²) >= 11 is 5.76. The highest BCUT2D eigenvalue weighted by Gasteiger charge is 2.14. The number of benzene rings is 1. The molecule has 0 atom stereocenters. The fraction of sp³-hybridized carbons (Fsp3) is 0.111. The average molecular weight is 256 g/mol. The molecule has 0 fully saturated rings. The van der Waals surface area contributed by atoms with Crippen molar-refractivity contribution in [3.8, 4) is 0 Å². The van der Waals surface area contributed by atoms with Crippen LogP contribution in [0.15, 0.2) is 18.2 Å². The van der Waals surface area contributed by atoms with Gasteiger partial charge in [-0.3, -0.25) is 14.9 Å². The minimum atomic E-state index is -1.07. The fourth-order valence-corrected chi connectivity index (χ4v) is 1.73. The highest BCUT2D eigenvalue weighted by atomic mass is 35.5. The molecule has 0 saturated carbocycles. The van der Waals surface area contributed by atoms with Crippen molar-refractivity contribution in [2.45, 2.75) is 6.54 Å². The Balaban J connectivity index is 2.60. The van der Waals surface area contributed by atoms with Crippen LogP contribution in [0.4, 0.5) is 5.69 Å². The van der Waals surface area contributed by atoms with Gasteiger partial charge in [0.15, 0.2) is 0 Å². The summed E-state index contributed by atoms with van der Waals surface area (Å²) in [6, 6.07) is 3.95. The standard InChI is InChI=1S/C9H6ClN3O4/c10-9-11-6-3-5(13(16)17)1-2-7(6)12(9)4-8(14)15/h1-3H,4H2,(H,14,15). The van der Waals surface area contributed by atoms with Crippen LogP contribution >= 0.6 is 11.6 Å². The second-order valence-corrected chi connectivity index (χ2v) is 3.63. The summed E-state index contributed by atoms with van der Waals surface area (Å²) in [6.45, 7) is -0.340. The van der Waals surface area contributed by atoms with Crippen LogP contribution in [0.2, 0.25) is 5.28 Å². The summed E-state index contributed by atoms with van der Waals surface area (Å²) in [5.74, 6) is -1.07. The molecular weight excluding hydrogens is 250 g/mol. The monoisotopic (exact) mass is 255 g/mol. The molecule has 1 aromatic carbocycles. The third-order valence-corrected chi connectivity index (χ3v) is 2.48. The largest absolute Gasteiger partial charge is 0.480 e. The van der Waals surface area contributed by atoms with E-state index in [-0.39, 0.29) is 17.5 Å². The molecule has 0 bridgehead atoms. The molecule has 1 heterocycles. The molecule has 8 heteroatoms. The maximum absolute atomic E-state index is 10.6. The van der Waals surface area contributed by atoms with Gasteiger partial charge < -0.3 is 9.67 Å². The third-order valence-electron chi connectivity index (χ3n) is 2.19. The first-order valence-corrected chi connectivity index (χ1v) is 4.89. The van der Waals surface area contributed by atoms with Crippen LogP contribution in [0.3, 0.4) is 0 Å². The third kappa shape index (κ3) is 2.04. The zero-order valence-electron chi connectivity index (χ0n) is 8.33. The summed E-state index contributed by atoms with van der Waals surface area (Å²) in [4.78, 5) is 24.5. The van der Waals surface area contributed by atoms with Crippen LogP contribution < -0.4 is 0 Å². The minimum Gasteiger partial charge on any atom is -0.480 e. The highest BCUT2D eigenvalue weighted by Crippen LogP contribution is 2.23. The van der Waals surface area contributed by atoms with Crippen LogP contribution in [0.5, 0.6) is 0 Å². The van der Waals surface area contributed by atoms with Gasteiger partial charge in [-0.15, -0.1) is 0 Å². The van der Waals surface area contributed by atoms with E-state index in [9.17, 15) is 14.9 Å². The molecule has 17 heavy (non-hydrogen) atoms. The Kier molecular flexibility index (Phi) is 2.68. The van der Waals surface area contributed by atoms with Crippen molar-refractivity contribution in [2.24, 2.45) is 0 Å². The van der Waals surface area contributed by atoms with E-state index >= 15 is 0 Å². The molecule has 0 radical (unpaired) electrons. The zero-order valence-corrected chi connectivity index (χ0v) is 9.09. The first-order chi connectivity index (χ1) is 7.99. The van der Waals surface area contributed by atoms with E-state index in [0.717, 1.165) is 0 Å². The number of rotatable bonds is 3. The Morgan fingerprint density at radius 1 is 1.59 bits per heavy atom. The summed E-state index contributed by atoms with van der Waals surface area (Å²) in [6.07, 6.45) is 0. The number of aromatic nitrogens is 2. The fourth-order valence-electron chi connectivity index (χ4n) is 1.49. The van der Waals surface area contributed by atoms with E-state index in [4.69, 9.17) is 16.7 Å². The van der Waals surface area contributed by atoms with Crippen molar-refractivity contribution in [1.29, 1.82) is 0 Å². The Morgan fingerprint density at radius 2 is 2.29 bits per heavy atom. The number of hydrogen-bond acceptors (Lipinski definition) is 4. The number of hydrogen-bond donors (Lipinski definition) is 1. The molecule has 2 aromatic rings. The number of nitrogens with zero attached hydrogens (tertiary/aromatic N) is 3. The normalized spacial score (nSPS) is 10.6. The Morgan fingerprint density at radius 3 is 2.88 bits per heavy atom. The number of carboxylic acids is 1. The molecule has 2 rings (SSSR count). The lowest BCUT2D eigenvalue weighted by Gasteiger charge is -2.00. The molecule has 88 valence electrons. The first kappa shape index (κ1) is 11.3. The Hall–Kier alpha value is -2.15. The minimum absolute atomic E-state index is 0.0112. The molecule has 1 N–H and O–H groups in total. The number of aliphatic carboxylic acids is 1. The van der Waals surface area contributed by atoms with Gasteiger partial charge in [0.2, 0.25) is 5.28 Å². The Bertz CT molecular complexity index is 622. The summed E-state index contributed by atoms with van der Waals surface area (Å²) in [5, 5.41) is 19.2. The van der Waals surface area contributed by atoms with Crippen molar-refractivity contribution in [1.82, 2.24) is 9.55 Å². The smallest absolute Gasteiger partial charge is 0.323 e. The number of fused-ring (bicyclic) bond motifs is 1. The van der Waals surface area contributed by atoms with E-state index in [2.05, 4.69) is 4.98 Å². The van der Waals surface area contributed by atoms with Gasteiger partial charge in [-0.25, -0.2) is 4.98 Å². The molecular formula is C9H6ClN3O4. The SMILES string of the molecule is O=C(O)Cn1c(Cl)nc2cc([N+](=O)[O-])ccc21. The second-order valence-electron chi connectivity index (χ2n) is 3.29. The predicted molar refractivity (Wildman–Crippen MR) is 59.0 cm³/mol. The van der Waals surface area contributed by atoms with Crippen LogP contribution in [0.1, 0.15) is 0 Å². The molecule has 0 aliphatic carbocycles. The zero-order chi connectivity index (χ0) is 12.6. The maximum atomic E-state index is 10.6.